The predicted octanol–water partition coefficient (Wildman–Crippen LogP) is 4.24. The second kappa shape index (κ2) is 5.50. The summed E-state index contributed by atoms with van der Waals surface area (Å²) in [6.45, 7) is 7.98. The minimum atomic E-state index is -0.305. The number of hydrogen-bond acceptors (Lipinski definition) is 1. The van der Waals surface area contributed by atoms with Gasteiger partial charge in [0.05, 0.1) is 0 Å². The van der Waals surface area contributed by atoms with Crippen molar-refractivity contribution < 1.29 is 4.79 Å². The van der Waals surface area contributed by atoms with Crippen LogP contribution < -0.4 is 5.73 Å². The van der Waals surface area contributed by atoms with Gasteiger partial charge in [-0.15, -0.1) is 0 Å². The van der Waals surface area contributed by atoms with Gasteiger partial charge < -0.3 is 5.73 Å². The summed E-state index contributed by atoms with van der Waals surface area (Å²) in [6, 6.07) is 5.33. The van der Waals surface area contributed by atoms with Crippen molar-refractivity contribution in [3.63, 3.8) is 0 Å². The number of amides is 1. The normalized spacial score (nSPS) is 15.2. The highest BCUT2D eigenvalue weighted by Gasteiger charge is 2.35. The molecule has 0 aliphatic heterocycles. The maximum Gasteiger partial charge on any atom is 0.221 e. The number of rotatable bonds is 3. The van der Waals surface area contributed by atoms with Crippen molar-refractivity contribution in [2.24, 2.45) is 17.1 Å². The van der Waals surface area contributed by atoms with Crippen LogP contribution in [0.15, 0.2) is 18.2 Å². The molecule has 1 amide bonds. The maximum atomic E-state index is 11.7. The molecular weight excluding hydrogens is 269 g/mol. The number of halogens is 2. The molecule has 2 N–H and O–H groups in total. The molecule has 1 aromatic rings. The lowest BCUT2D eigenvalue weighted by Gasteiger charge is -2.33. The second-order valence-electron chi connectivity index (χ2n) is 5.70. The van der Waals surface area contributed by atoms with Crippen LogP contribution in [0.5, 0.6) is 0 Å². The Bertz CT molecular complexity index is 452. The average molecular weight is 288 g/mol. The molecule has 0 aliphatic rings. The Labute approximate surface area is 118 Å². The molecule has 0 spiro atoms. The van der Waals surface area contributed by atoms with E-state index in [0.29, 0.717) is 10.0 Å². The van der Waals surface area contributed by atoms with E-state index in [2.05, 4.69) is 0 Å². The summed E-state index contributed by atoms with van der Waals surface area (Å²) in [5, 5.41) is 1.16. The summed E-state index contributed by atoms with van der Waals surface area (Å²) < 4.78 is 0. The molecule has 0 aliphatic carbocycles. The van der Waals surface area contributed by atoms with Crippen molar-refractivity contribution in [3.8, 4) is 0 Å². The van der Waals surface area contributed by atoms with E-state index < -0.39 is 0 Å². The van der Waals surface area contributed by atoms with Crippen molar-refractivity contribution in [2.45, 2.75) is 33.6 Å². The van der Waals surface area contributed by atoms with Crippen LogP contribution in [0.3, 0.4) is 0 Å². The third-order valence-corrected chi connectivity index (χ3v) is 3.76. The van der Waals surface area contributed by atoms with Gasteiger partial charge in [0.1, 0.15) is 0 Å². The maximum absolute atomic E-state index is 11.7. The van der Waals surface area contributed by atoms with Gasteiger partial charge in [0, 0.05) is 16.0 Å². The minimum Gasteiger partial charge on any atom is -0.369 e. The summed E-state index contributed by atoms with van der Waals surface area (Å²) in [5.41, 5.74) is 6.22. The third kappa shape index (κ3) is 3.39. The molecule has 0 heterocycles. The van der Waals surface area contributed by atoms with E-state index in [4.69, 9.17) is 28.9 Å². The molecule has 0 aromatic heterocycles. The van der Waals surface area contributed by atoms with Crippen LogP contribution in [0.2, 0.25) is 10.0 Å². The standard InChI is InChI=1S/C14H19Cl2NO/c1-8(12(13(17)18)14(2,3)4)10-6-5-9(15)7-11(10)16/h5-8,12H,1-4H3,(H2,17,18)/t8-,12?/m0/s1. The lowest BCUT2D eigenvalue weighted by Crippen LogP contribution is -2.37. The number of primary amides is 1. The highest BCUT2D eigenvalue weighted by molar-refractivity contribution is 6.35. The van der Waals surface area contributed by atoms with Crippen LogP contribution in [0, 0.1) is 11.3 Å². The molecule has 1 unspecified atom stereocenters. The van der Waals surface area contributed by atoms with E-state index in [-0.39, 0.29) is 23.2 Å². The molecule has 0 saturated carbocycles. The first kappa shape index (κ1) is 15.3. The molecular formula is C14H19Cl2NO. The molecule has 18 heavy (non-hydrogen) atoms. The summed E-state index contributed by atoms with van der Waals surface area (Å²) in [7, 11) is 0. The number of carbonyl (C=O) groups is 1. The molecule has 0 radical (unpaired) electrons. The molecule has 1 rings (SSSR count). The fourth-order valence-electron chi connectivity index (χ4n) is 2.47. The van der Waals surface area contributed by atoms with E-state index in [0.717, 1.165) is 5.56 Å². The Balaban J connectivity index is 3.18. The quantitative estimate of drug-likeness (QED) is 0.888. The molecule has 2 atom stereocenters. The van der Waals surface area contributed by atoms with E-state index in [1.165, 1.54) is 0 Å². The topological polar surface area (TPSA) is 43.1 Å². The van der Waals surface area contributed by atoms with Gasteiger partial charge in [-0.1, -0.05) is 57.0 Å². The Hall–Kier alpha value is -0.730. The summed E-state index contributed by atoms with van der Waals surface area (Å²) >= 11 is 12.1. The molecule has 100 valence electrons. The Morgan fingerprint density at radius 3 is 2.22 bits per heavy atom. The number of hydrogen-bond donors (Lipinski definition) is 1. The Morgan fingerprint density at radius 1 is 1.28 bits per heavy atom. The lowest BCUT2D eigenvalue weighted by molar-refractivity contribution is -0.125. The second-order valence-corrected chi connectivity index (χ2v) is 6.54. The lowest BCUT2D eigenvalue weighted by atomic mass is 9.71. The summed E-state index contributed by atoms with van der Waals surface area (Å²) in [6.07, 6.45) is 0. The highest BCUT2D eigenvalue weighted by atomic mass is 35.5. The van der Waals surface area contributed by atoms with E-state index in [1.54, 1.807) is 12.1 Å². The minimum absolute atomic E-state index is 0.0488. The highest BCUT2D eigenvalue weighted by Crippen LogP contribution is 2.40. The van der Waals surface area contributed by atoms with Crippen molar-refractivity contribution >= 4 is 29.1 Å². The third-order valence-electron chi connectivity index (χ3n) is 3.19. The van der Waals surface area contributed by atoms with Gasteiger partial charge >= 0.3 is 0 Å². The molecule has 2 nitrogen and oxygen atoms in total. The average Bonchev–Trinajstić information content (AvgIpc) is 2.13. The number of carbonyl (C=O) groups excluding carboxylic acids is 1. The fourth-order valence-corrected chi connectivity index (χ4v) is 3.05. The smallest absolute Gasteiger partial charge is 0.221 e. The van der Waals surface area contributed by atoms with Gasteiger partial charge in [0.2, 0.25) is 5.91 Å². The Kier molecular flexibility index (Phi) is 4.68. The largest absolute Gasteiger partial charge is 0.369 e. The van der Waals surface area contributed by atoms with E-state index >= 15 is 0 Å². The van der Waals surface area contributed by atoms with E-state index in [9.17, 15) is 4.79 Å². The van der Waals surface area contributed by atoms with Crippen LogP contribution in [0.25, 0.3) is 0 Å². The summed E-state index contributed by atoms with van der Waals surface area (Å²) in [5.74, 6) is -0.635. The van der Waals surface area contributed by atoms with Gasteiger partial charge in [-0.25, -0.2) is 0 Å². The number of benzene rings is 1. The van der Waals surface area contributed by atoms with Crippen LogP contribution in [0.4, 0.5) is 0 Å². The molecule has 0 bridgehead atoms. The summed E-state index contributed by atoms with van der Waals surface area (Å²) in [4.78, 5) is 11.7. The Morgan fingerprint density at radius 2 is 1.83 bits per heavy atom. The zero-order valence-electron chi connectivity index (χ0n) is 11.1. The molecule has 0 saturated heterocycles. The van der Waals surface area contributed by atoms with Crippen LogP contribution in [0.1, 0.15) is 39.2 Å². The molecule has 1 aromatic carbocycles. The zero-order valence-corrected chi connectivity index (χ0v) is 12.6. The van der Waals surface area contributed by atoms with Gasteiger partial charge in [0.25, 0.3) is 0 Å². The fraction of sp³-hybridized carbons (Fsp3) is 0.500. The molecule has 4 heteroatoms. The van der Waals surface area contributed by atoms with Gasteiger partial charge in [-0.3, -0.25) is 4.79 Å². The van der Waals surface area contributed by atoms with Crippen molar-refractivity contribution in [3.05, 3.63) is 33.8 Å². The predicted molar refractivity (Wildman–Crippen MR) is 77.0 cm³/mol. The van der Waals surface area contributed by atoms with Gasteiger partial charge in [0.15, 0.2) is 0 Å². The van der Waals surface area contributed by atoms with Gasteiger partial charge in [-0.2, -0.15) is 0 Å². The first-order chi connectivity index (χ1) is 8.14. The van der Waals surface area contributed by atoms with Crippen LogP contribution in [-0.2, 0) is 4.79 Å². The van der Waals surface area contributed by atoms with Gasteiger partial charge in [-0.05, 0) is 29.0 Å². The SMILES string of the molecule is C[C@@H](c1ccc(Cl)cc1Cl)C(C(N)=O)C(C)(C)C. The first-order valence-corrected chi connectivity index (χ1v) is 6.64. The number of nitrogens with two attached hydrogens (primary N) is 1. The van der Waals surface area contributed by atoms with Crippen molar-refractivity contribution in [2.75, 3.05) is 0 Å². The monoisotopic (exact) mass is 287 g/mol. The van der Waals surface area contributed by atoms with E-state index in [1.807, 2.05) is 33.8 Å². The van der Waals surface area contributed by atoms with Crippen LogP contribution in [-0.4, -0.2) is 5.91 Å². The van der Waals surface area contributed by atoms with Crippen molar-refractivity contribution in [1.82, 2.24) is 0 Å². The molecule has 0 fully saturated rings. The first-order valence-electron chi connectivity index (χ1n) is 5.89. The van der Waals surface area contributed by atoms with Crippen LogP contribution >= 0.6 is 23.2 Å². The zero-order chi connectivity index (χ0) is 14.1. The van der Waals surface area contributed by atoms with Crippen molar-refractivity contribution in [1.29, 1.82) is 0 Å².